The lowest BCUT2D eigenvalue weighted by Crippen LogP contribution is -2.15. The SMILES string of the molecule is NC(=O)Cc1ccccc1[C@H]1CC[C@H](N=S(=O)=O)C1. The lowest BCUT2D eigenvalue weighted by molar-refractivity contribution is -0.117. The summed E-state index contributed by atoms with van der Waals surface area (Å²) >= 11 is 0. The minimum atomic E-state index is -2.34. The van der Waals surface area contributed by atoms with Gasteiger partial charge in [-0.2, -0.15) is 12.8 Å². The third kappa shape index (κ3) is 3.64. The Morgan fingerprint density at radius 3 is 2.74 bits per heavy atom. The van der Waals surface area contributed by atoms with Gasteiger partial charge in [0.15, 0.2) is 0 Å². The number of carbonyl (C=O) groups is 1. The molecule has 1 aliphatic carbocycles. The molecule has 0 unspecified atom stereocenters. The molecule has 1 aromatic carbocycles. The summed E-state index contributed by atoms with van der Waals surface area (Å²) in [6, 6.07) is 7.56. The van der Waals surface area contributed by atoms with Crippen LogP contribution in [0.25, 0.3) is 0 Å². The van der Waals surface area contributed by atoms with Gasteiger partial charge in [0.25, 0.3) is 0 Å². The lowest BCUT2D eigenvalue weighted by Gasteiger charge is -2.14. The van der Waals surface area contributed by atoms with Gasteiger partial charge in [-0.1, -0.05) is 24.3 Å². The Morgan fingerprint density at radius 1 is 1.32 bits per heavy atom. The average molecular weight is 280 g/mol. The molecule has 0 heterocycles. The number of rotatable bonds is 4. The first-order chi connectivity index (χ1) is 9.06. The van der Waals surface area contributed by atoms with E-state index in [1.807, 2.05) is 24.3 Å². The first-order valence-corrected chi connectivity index (χ1v) is 7.25. The third-order valence-corrected chi connectivity index (χ3v) is 3.97. The quantitative estimate of drug-likeness (QED) is 0.904. The summed E-state index contributed by atoms with van der Waals surface area (Å²) in [5, 5.41) is 0. The van der Waals surface area contributed by atoms with Gasteiger partial charge in [0, 0.05) is 0 Å². The van der Waals surface area contributed by atoms with Crippen LogP contribution in [0, 0.1) is 0 Å². The lowest BCUT2D eigenvalue weighted by atomic mass is 9.91. The van der Waals surface area contributed by atoms with Crippen molar-refractivity contribution in [2.24, 2.45) is 10.1 Å². The normalized spacial score (nSPS) is 22.1. The number of primary amides is 1. The summed E-state index contributed by atoms with van der Waals surface area (Å²) in [6.45, 7) is 0. The van der Waals surface area contributed by atoms with Crippen LogP contribution in [-0.4, -0.2) is 20.4 Å². The minimum Gasteiger partial charge on any atom is -0.369 e. The van der Waals surface area contributed by atoms with Crippen LogP contribution in [0.15, 0.2) is 28.6 Å². The molecule has 0 aliphatic heterocycles. The molecule has 102 valence electrons. The van der Waals surface area contributed by atoms with Gasteiger partial charge in [-0.25, -0.2) is 0 Å². The fraction of sp³-hybridized carbons (Fsp3) is 0.462. The summed E-state index contributed by atoms with van der Waals surface area (Å²) < 4.78 is 24.8. The average Bonchev–Trinajstić information content (AvgIpc) is 2.76. The highest BCUT2D eigenvalue weighted by atomic mass is 32.2. The van der Waals surface area contributed by atoms with Crippen molar-refractivity contribution in [1.82, 2.24) is 0 Å². The summed E-state index contributed by atoms with van der Waals surface area (Å²) in [4.78, 5) is 11.1. The van der Waals surface area contributed by atoms with Crippen LogP contribution in [0.3, 0.4) is 0 Å². The zero-order valence-corrected chi connectivity index (χ0v) is 11.3. The third-order valence-electron chi connectivity index (χ3n) is 3.50. The molecular weight excluding hydrogens is 264 g/mol. The maximum Gasteiger partial charge on any atom is 0.311 e. The monoisotopic (exact) mass is 280 g/mol. The van der Waals surface area contributed by atoms with Gasteiger partial charge in [-0.15, -0.1) is 0 Å². The molecule has 1 saturated carbocycles. The van der Waals surface area contributed by atoms with Crippen molar-refractivity contribution in [1.29, 1.82) is 0 Å². The van der Waals surface area contributed by atoms with Crippen molar-refractivity contribution in [3.8, 4) is 0 Å². The van der Waals surface area contributed by atoms with Crippen LogP contribution in [-0.2, 0) is 21.7 Å². The van der Waals surface area contributed by atoms with Gasteiger partial charge in [0.1, 0.15) is 0 Å². The molecule has 2 N–H and O–H groups in total. The second-order valence-corrected chi connectivity index (χ2v) is 5.47. The molecule has 1 aromatic rings. The second kappa shape index (κ2) is 5.97. The number of nitrogens with zero attached hydrogens (tertiary/aromatic N) is 1. The number of hydrogen-bond donors (Lipinski definition) is 1. The van der Waals surface area contributed by atoms with E-state index in [4.69, 9.17) is 5.73 Å². The minimum absolute atomic E-state index is 0.134. The van der Waals surface area contributed by atoms with Crippen LogP contribution >= 0.6 is 0 Å². The van der Waals surface area contributed by atoms with Gasteiger partial charge < -0.3 is 5.73 Å². The van der Waals surface area contributed by atoms with Crippen molar-refractivity contribution in [2.75, 3.05) is 0 Å². The Bertz CT molecular complexity index is 602. The van der Waals surface area contributed by atoms with E-state index in [9.17, 15) is 13.2 Å². The van der Waals surface area contributed by atoms with E-state index in [0.717, 1.165) is 24.0 Å². The molecule has 1 amide bonds. The molecule has 0 radical (unpaired) electrons. The maximum absolute atomic E-state index is 11.1. The van der Waals surface area contributed by atoms with Crippen LogP contribution in [0.4, 0.5) is 0 Å². The Hall–Kier alpha value is -1.69. The van der Waals surface area contributed by atoms with Gasteiger partial charge in [0.05, 0.1) is 12.5 Å². The van der Waals surface area contributed by atoms with Gasteiger partial charge in [-0.3, -0.25) is 4.79 Å². The molecular formula is C13H16N2O3S. The van der Waals surface area contributed by atoms with E-state index >= 15 is 0 Å². The summed E-state index contributed by atoms with van der Waals surface area (Å²) in [5.74, 6) is -0.0970. The van der Waals surface area contributed by atoms with Gasteiger partial charge >= 0.3 is 10.5 Å². The molecule has 5 nitrogen and oxygen atoms in total. The molecule has 19 heavy (non-hydrogen) atoms. The number of carbonyl (C=O) groups excluding carboxylic acids is 1. The standard InChI is InChI=1S/C13H16N2O3S/c14-13(16)8-9-3-1-2-4-12(9)10-5-6-11(7-10)15-19(17)18/h1-4,10-11H,5-8H2,(H2,14,16)/t10-,11-/m0/s1. The van der Waals surface area contributed by atoms with E-state index < -0.39 is 10.5 Å². The summed E-state index contributed by atoms with van der Waals surface area (Å²) in [5.41, 5.74) is 7.27. The fourth-order valence-corrected chi connectivity index (χ4v) is 3.17. The zero-order chi connectivity index (χ0) is 13.8. The van der Waals surface area contributed by atoms with E-state index in [-0.39, 0.29) is 24.3 Å². The number of hydrogen-bond acceptors (Lipinski definition) is 4. The molecule has 6 heteroatoms. The molecule has 1 aliphatic rings. The zero-order valence-electron chi connectivity index (χ0n) is 10.5. The van der Waals surface area contributed by atoms with Crippen molar-refractivity contribution in [3.63, 3.8) is 0 Å². The van der Waals surface area contributed by atoms with Crippen LogP contribution in [0.5, 0.6) is 0 Å². The predicted octanol–water partition coefficient (Wildman–Crippen LogP) is 1.41. The highest BCUT2D eigenvalue weighted by Crippen LogP contribution is 2.37. The first-order valence-electron chi connectivity index (χ1n) is 6.22. The predicted molar refractivity (Wildman–Crippen MR) is 71.1 cm³/mol. The van der Waals surface area contributed by atoms with Crippen LogP contribution in [0.2, 0.25) is 0 Å². The van der Waals surface area contributed by atoms with Crippen LogP contribution < -0.4 is 5.73 Å². The number of nitrogens with two attached hydrogens (primary N) is 1. The number of benzene rings is 1. The molecule has 0 aromatic heterocycles. The molecule has 0 saturated heterocycles. The highest BCUT2D eigenvalue weighted by molar-refractivity contribution is 7.61. The Kier molecular flexibility index (Phi) is 4.31. The van der Waals surface area contributed by atoms with E-state index in [1.165, 1.54) is 0 Å². The Balaban J connectivity index is 2.19. The van der Waals surface area contributed by atoms with Crippen LogP contribution in [0.1, 0.15) is 36.3 Å². The van der Waals surface area contributed by atoms with Crippen molar-refractivity contribution < 1.29 is 13.2 Å². The largest absolute Gasteiger partial charge is 0.369 e. The molecule has 2 atom stereocenters. The highest BCUT2D eigenvalue weighted by Gasteiger charge is 2.27. The summed E-state index contributed by atoms with van der Waals surface area (Å²) in [7, 11) is -2.34. The molecule has 2 rings (SSSR count). The van der Waals surface area contributed by atoms with E-state index in [1.54, 1.807) is 0 Å². The Morgan fingerprint density at radius 2 is 2.05 bits per heavy atom. The smallest absolute Gasteiger partial charge is 0.311 e. The maximum atomic E-state index is 11.1. The molecule has 0 bridgehead atoms. The fourth-order valence-electron chi connectivity index (χ4n) is 2.74. The first kappa shape index (κ1) is 13.7. The summed E-state index contributed by atoms with van der Waals surface area (Å²) in [6.07, 6.45) is 2.59. The number of amides is 1. The van der Waals surface area contributed by atoms with Gasteiger partial charge in [0.2, 0.25) is 5.91 Å². The Labute approximate surface area is 113 Å². The van der Waals surface area contributed by atoms with Crippen molar-refractivity contribution in [2.45, 2.75) is 37.6 Å². The van der Waals surface area contributed by atoms with E-state index in [2.05, 4.69) is 4.36 Å². The molecule has 1 fully saturated rings. The van der Waals surface area contributed by atoms with E-state index in [0.29, 0.717) is 6.42 Å². The second-order valence-electron chi connectivity index (χ2n) is 4.83. The van der Waals surface area contributed by atoms with Gasteiger partial charge in [-0.05, 0) is 36.3 Å². The topological polar surface area (TPSA) is 89.6 Å². The van der Waals surface area contributed by atoms with Crippen molar-refractivity contribution in [3.05, 3.63) is 35.4 Å². The van der Waals surface area contributed by atoms with Crippen molar-refractivity contribution >= 4 is 16.4 Å². The molecule has 0 spiro atoms.